The molecule has 0 aliphatic heterocycles. The zero-order valence-electron chi connectivity index (χ0n) is 10.3. The summed E-state index contributed by atoms with van der Waals surface area (Å²) in [5.74, 6) is 0. The van der Waals surface area contributed by atoms with Gasteiger partial charge in [-0.15, -0.1) is 0 Å². The van der Waals surface area contributed by atoms with Gasteiger partial charge < -0.3 is 4.57 Å². The molecule has 5 nitrogen and oxygen atoms in total. The Bertz CT molecular complexity index is 492. The van der Waals surface area contributed by atoms with Crippen LogP contribution in [0.4, 0.5) is 0 Å². The maximum absolute atomic E-state index is 12.1. The van der Waals surface area contributed by atoms with E-state index in [1.165, 1.54) is 0 Å². The monoisotopic (exact) mass is 335 g/mol. The van der Waals surface area contributed by atoms with Crippen LogP contribution in [0.2, 0.25) is 0 Å². The first-order valence-corrected chi connectivity index (χ1v) is 8.59. The molecule has 0 spiro atoms. The van der Waals surface area contributed by atoms with Gasteiger partial charge in [-0.3, -0.25) is 0 Å². The van der Waals surface area contributed by atoms with E-state index in [2.05, 4.69) is 25.6 Å². The van der Waals surface area contributed by atoms with Crippen LogP contribution in [0.1, 0.15) is 32.6 Å². The summed E-state index contributed by atoms with van der Waals surface area (Å²) in [6.07, 6.45) is 6.89. The number of halogens is 1. The topological polar surface area (TPSA) is 64.0 Å². The molecular formula is C11H18BrN3O2S. The SMILES string of the molecule is CCn1cnc(S(=O)(=O)NC2CCC(Br)CC2)c1. The lowest BCUT2D eigenvalue weighted by Crippen LogP contribution is -2.37. The molecule has 1 N–H and O–H groups in total. The molecule has 1 heterocycles. The van der Waals surface area contributed by atoms with Crippen LogP contribution in [0.15, 0.2) is 17.6 Å². The molecule has 0 saturated heterocycles. The lowest BCUT2D eigenvalue weighted by Gasteiger charge is -2.25. The van der Waals surface area contributed by atoms with Crippen LogP contribution in [0.3, 0.4) is 0 Å². The quantitative estimate of drug-likeness (QED) is 0.854. The van der Waals surface area contributed by atoms with Crippen LogP contribution < -0.4 is 4.72 Å². The van der Waals surface area contributed by atoms with Gasteiger partial charge in [-0.2, -0.15) is 0 Å². The molecule has 0 unspecified atom stereocenters. The van der Waals surface area contributed by atoms with Gasteiger partial charge in [0.25, 0.3) is 10.0 Å². The second-order valence-electron chi connectivity index (χ2n) is 4.61. The van der Waals surface area contributed by atoms with Crippen molar-refractivity contribution in [1.82, 2.24) is 14.3 Å². The highest BCUT2D eigenvalue weighted by molar-refractivity contribution is 9.09. The number of alkyl halides is 1. The van der Waals surface area contributed by atoms with Crippen molar-refractivity contribution in [2.24, 2.45) is 0 Å². The highest BCUT2D eigenvalue weighted by Gasteiger charge is 2.25. The van der Waals surface area contributed by atoms with E-state index in [1.807, 2.05) is 6.92 Å². The third-order valence-electron chi connectivity index (χ3n) is 3.23. The summed E-state index contributed by atoms with van der Waals surface area (Å²) in [6.45, 7) is 2.67. The van der Waals surface area contributed by atoms with Gasteiger partial charge in [0, 0.05) is 23.6 Å². The summed E-state index contributed by atoms with van der Waals surface area (Å²) >= 11 is 3.56. The second-order valence-corrected chi connectivity index (χ2v) is 7.57. The molecule has 0 aromatic carbocycles. The van der Waals surface area contributed by atoms with Crippen LogP contribution in [0.5, 0.6) is 0 Å². The maximum atomic E-state index is 12.1. The van der Waals surface area contributed by atoms with E-state index in [-0.39, 0.29) is 11.1 Å². The van der Waals surface area contributed by atoms with Gasteiger partial charge in [-0.05, 0) is 32.6 Å². The highest BCUT2D eigenvalue weighted by atomic mass is 79.9. The van der Waals surface area contributed by atoms with E-state index in [1.54, 1.807) is 17.1 Å². The maximum Gasteiger partial charge on any atom is 0.259 e. The van der Waals surface area contributed by atoms with Gasteiger partial charge in [0.2, 0.25) is 0 Å². The molecule has 0 bridgehead atoms. The lowest BCUT2D eigenvalue weighted by molar-refractivity contribution is 0.422. The molecule has 18 heavy (non-hydrogen) atoms. The molecule has 0 radical (unpaired) electrons. The Morgan fingerprint density at radius 1 is 1.44 bits per heavy atom. The average Bonchev–Trinajstić information content (AvgIpc) is 2.81. The number of nitrogens with one attached hydrogen (secondary N) is 1. The Morgan fingerprint density at radius 3 is 2.67 bits per heavy atom. The van der Waals surface area contributed by atoms with Crippen molar-refractivity contribution >= 4 is 26.0 Å². The van der Waals surface area contributed by atoms with Gasteiger partial charge in [-0.1, -0.05) is 15.9 Å². The number of nitrogens with zero attached hydrogens (tertiary/aromatic N) is 2. The molecule has 1 fully saturated rings. The molecule has 1 aromatic heterocycles. The fourth-order valence-corrected chi connectivity index (χ4v) is 3.89. The Hall–Kier alpha value is -0.400. The van der Waals surface area contributed by atoms with E-state index < -0.39 is 10.0 Å². The van der Waals surface area contributed by atoms with Crippen molar-refractivity contribution in [3.8, 4) is 0 Å². The number of sulfonamides is 1. The molecule has 0 amide bonds. The van der Waals surface area contributed by atoms with Gasteiger partial charge in [0.1, 0.15) is 0 Å². The third-order valence-corrected chi connectivity index (χ3v) is 5.55. The number of rotatable bonds is 4. The Labute approximate surface area is 116 Å². The zero-order chi connectivity index (χ0) is 13.2. The molecule has 7 heteroatoms. The second kappa shape index (κ2) is 5.71. The number of aryl methyl sites for hydroxylation is 1. The summed E-state index contributed by atoms with van der Waals surface area (Å²) in [5.41, 5.74) is 0. The minimum atomic E-state index is -3.46. The van der Waals surface area contributed by atoms with Crippen LogP contribution in [0, 0.1) is 0 Å². The van der Waals surface area contributed by atoms with Gasteiger partial charge in [-0.25, -0.2) is 18.1 Å². The minimum Gasteiger partial charge on any atom is -0.336 e. The molecule has 102 valence electrons. The number of aromatic nitrogens is 2. The summed E-state index contributed by atoms with van der Waals surface area (Å²) in [5, 5.41) is 0.116. The summed E-state index contributed by atoms with van der Waals surface area (Å²) < 4.78 is 28.7. The molecule has 1 saturated carbocycles. The van der Waals surface area contributed by atoms with Crippen molar-refractivity contribution in [3.05, 3.63) is 12.5 Å². The van der Waals surface area contributed by atoms with Crippen molar-refractivity contribution in [2.75, 3.05) is 0 Å². The third kappa shape index (κ3) is 3.33. The zero-order valence-corrected chi connectivity index (χ0v) is 12.7. The highest BCUT2D eigenvalue weighted by Crippen LogP contribution is 2.25. The van der Waals surface area contributed by atoms with Crippen molar-refractivity contribution in [3.63, 3.8) is 0 Å². The summed E-state index contributed by atoms with van der Waals surface area (Å²) in [4.78, 5) is 4.47. The van der Waals surface area contributed by atoms with E-state index in [9.17, 15) is 8.42 Å². The van der Waals surface area contributed by atoms with Crippen molar-refractivity contribution < 1.29 is 8.42 Å². The smallest absolute Gasteiger partial charge is 0.259 e. The molecule has 1 aromatic rings. The van der Waals surface area contributed by atoms with Crippen molar-refractivity contribution in [2.45, 2.75) is 55.0 Å². The molecule has 0 atom stereocenters. The normalized spacial score (nSPS) is 25.2. The van der Waals surface area contributed by atoms with Crippen LogP contribution in [-0.2, 0) is 16.6 Å². The molecule has 1 aliphatic rings. The lowest BCUT2D eigenvalue weighted by atomic mass is 9.96. The van der Waals surface area contributed by atoms with E-state index in [0.717, 1.165) is 32.2 Å². The van der Waals surface area contributed by atoms with Gasteiger partial charge >= 0.3 is 0 Å². The molecule has 1 aliphatic carbocycles. The van der Waals surface area contributed by atoms with Crippen molar-refractivity contribution in [1.29, 1.82) is 0 Å². The minimum absolute atomic E-state index is 0.0376. The summed E-state index contributed by atoms with van der Waals surface area (Å²) in [6, 6.07) is 0.0376. The Morgan fingerprint density at radius 2 is 2.11 bits per heavy atom. The van der Waals surface area contributed by atoms with Gasteiger partial charge in [0.15, 0.2) is 5.03 Å². The number of hydrogen-bond acceptors (Lipinski definition) is 3. The van der Waals surface area contributed by atoms with E-state index >= 15 is 0 Å². The first-order valence-electron chi connectivity index (χ1n) is 6.19. The van der Waals surface area contributed by atoms with E-state index in [0.29, 0.717) is 4.83 Å². The first-order chi connectivity index (χ1) is 8.51. The number of imidazole rings is 1. The Kier molecular flexibility index (Phi) is 4.45. The van der Waals surface area contributed by atoms with Gasteiger partial charge in [0.05, 0.1) is 6.33 Å². The Balaban J connectivity index is 2.03. The standard InChI is InChI=1S/C11H18BrN3O2S/c1-2-15-7-11(13-8-15)18(16,17)14-10-5-3-9(12)4-6-10/h7-10,14H,2-6H2,1H3. The fourth-order valence-electron chi connectivity index (χ4n) is 2.10. The fraction of sp³-hybridized carbons (Fsp3) is 0.727. The summed E-state index contributed by atoms with van der Waals surface area (Å²) in [7, 11) is -3.46. The molecule has 2 rings (SSSR count). The number of hydrogen-bond donors (Lipinski definition) is 1. The predicted molar refractivity (Wildman–Crippen MR) is 73.2 cm³/mol. The largest absolute Gasteiger partial charge is 0.336 e. The van der Waals surface area contributed by atoms with Crippen LogP contribution in [0.25, 0.3) is 0 Å². The van der Waals surface area contributed by atoms with Crippen LogP contribution >= 0.6 is 15.9 Å². The van der Waals surface area contributed by atoms with E-state index in [4.69, 9.17) is 0 Å². The van der Waals surface area contributed by atoms with Crippen LogP contribution in [-0.4, -0.2) is 28.8 Å². The average molecular weight is 336 g/mol. The molecular weight excluding hydrogens is 318 g/mol. The predicted octanol–water partition coefficient (Wildman–Crippen LogP) is 1.89. The first kappa shape index (κ1) is 14.0.